The minimum absolute atomic E-state index is 0.186. The summed E-state index contributed by atoms with van der Waals surface area (Å²) in [6.07, 6.45) is 5.81. The van der Waals surface area contributed by atoms with Crippen molar-refractivity contribution in [1.29, 1.82) is 0 Å². The van der Waals surface area contributed by atoms with Gasteiger partial charge in [0.05, 0.1) is 11.2 Å². The summed E-state index contributed by atoms with van der Waals surface area (Å²) in [7, 11) is 0. The molecule has 7 heteroatoms. The zero-order valence-corrected chi connectivity index (χ0v) is 15.4. The molecule has 3 aromatic rings. The Morgan fingerprint density at radius 3 is 2.58 bits per heavy atom. The van der Waals surface area contributed by atoms with Crippen molar-refractivity contribution in [3.8, 4) is 11.3 Å². The van der Waals surface area contributed by atoms with Crippen molar-refractivity contribution in [2.45, 2.75) is 38.1 Å². The number of aromatic amines is 1. The van der Waals surface area contributed by atoms with E-state index in [9.17, 15) is 4.79 Å². The number of anilines is 1. The lowest BCUT2D eigenvalue weighted by atomic mass is 9.99. The van der Waals surface area contributed by atoms with Gasteiger partial charge in [-0.3, -0.25) is 5.10 Å². The van der Waals surface area contributed by atoms with E-state index in [0.29, 0.717) is 0 Å². The van der Waals surface area contributed by atoms with Crippen molar-refractivity contribution in [2.75, 3.05) is 5.32 Å². The van der Waals surface area contributed by atoms with Crippen LogP contribution in [0.1, 0.15) is 36.4 Å². The molecule has 1 aliphatic rings. The second kappa shape index (κ2) is 6.92. The average molecular weight is 367 g/mol. The number of carbonyl (C=O) groups excluding carboxylic acids is 1. The zero-order valence-electron chi connectivity index (χ0n) is 14.6. The minimum atomic E-state index is -0.334. The van der Waals surface area contributed by atoms with E-state index in [1.165, 1.54) is 0 Å². The van der Waals surface area contributed by atoms with Gasteiger partial charge in [0, 0.05) is 23.0 Å². The first-order valence-electron chi connectivity index (χ1n) is 8.76. The van der Waals surface area contributed by atoms with Gasteiger partial charge in [0.1, 0.15) is 5.01 Å². The van der Waals surface area contributed by atoms with E-state index in [0.717, 1.165) is 53.3 Å². The molecule has 134 valence electrons. The van der Waals surface area contributed by atoms with E-state index in [-0.39, 0.29) is 11.6 Å². The van der Waals surface area contributed by atoms with E-state index in [1.54, 1.807) is 17.5 Å². The number of carbonyl (C=O) groups is 1. The third-order valence-electron chi connectivity index (χ3n) is 4.79. The number of aryl methyl sites for hydroxylation is 1. The summed E-state index contributed by atoms with van der Waals surface area (Å²) in [5.41, 5.74) is 3.41. The Balaban J connectivity index is 1.46. The fourth-order valence-corrected chi connectivity index (χ4v) is 4.49. The van der Waals surface area contributed by atoms with Gasteiger partial charge in [0.25, 0.3) is 0 Å². The Hall–Kier alpha value is -2.67. The highest BCUT2D eigenvalue weighted by atomic mass is 32.1. The number of nitrogens with one attached hydrogen (secondary N) is 3. The first kappa shape index (κ1) is 16.8. The van der Waals surface area contributed by atoms with Crippen LogP contribution in [0.15, 0.2) is 41.9 Å². The predicted molar refractivity (Wildman–Crippen MR) is 103 cm³/mol. The van der Waals surface area contributed by atoms with Crippen molar-refractivity contribution in [2.24, 2.45) is 0 Å². The third kappa shape index (κ3) is 3.35. The summed E-state index contributed by atoms with van der Waals surface area (Å²) < 4.78 is 0. The van der Waals surface area contributed by atoms with Crippen LogP contribution in [0.2, 0.25) is 0 Å². The second-order valence-corrected chi connectivity index (χ2v) is 7.57. The van der Waals surface area contributed by atoms with Crippen LogP contribution < -0.4 is 10.6 Å². The molecule has 2 amide bonds. The highest BCUT2D eigenvalue weighted by molar-refractivity contribution is 7.09. The molecule has 26 heavy (non-hydrogen) atoms. The zero-order chi connectivity index (χ0) is 18.0. The molecule has 4 rings (SSSR count). The van der Waals surface area contributed by atoms with Crippen LogP contribution in [-0.4, -0.2) is 21.2 Å². The maximum Gasteiger partial charge on any atom is 0.320 e. The Bertz CT molecular complexity index is 879. The van der Waals surface area contributed by atoms with Crippen molar-refractivity contribution in [3.05, 3.63) is 52.6 Å². The number of benzene rings is 1. The van der Waals surface area contributed by atoms with Gasteiger partial charge in [-0.05, 0) is 43.5 Å². The average Bonchev–Trinajstić information content (AvgIpc) is 3.37. The fourth-order valence-electron chi connectivity index (χ4n) is 3.47. The Kier molecular flexibility index (Phi) is 4.46. The van der Waals surface area contributed by atoms with Gasteiger partial charge < -0.3 is 10.6 Å². The molecule has 1 aromatic carbocycles. The summed E-state index contributed by atoms with van der Waals surface area (Å²) in [5.74, 6) is 0. The van der Waals surface area contributed by atoms with E-state index >= 15 is 0 Å². The predicted octanol–water partition coefficient (Wildman–Crippen LogP) is 4.43. The minimum Gasteiger partial charge on any atom is -0.326 e. The third-order valence-corrected chi connectivity index (χ3v) is 5.96. The van der Waals surface area contributed by atoms with Gasteiger partial charge in [-0.1, -0.05) is 25.0 Å². The van der Waals surface area contributed by atoms with Crippen LogP contribution in [-0.2, 0) is 5.54 Å². The maximum atomic E-state index is 12.6. The standard InChI is InChI=1S/C19H21N5OS/c1-13-12-26-17(21-13)19(9-2-3-10-19)23-18(25)22-15-6-4-14(5-7-15)16-8-11-20-24-16/h4-8,11-12H,2-3,9-10H2,1H3,(H,20,24)(H2,22,23,25). The van der Waals surface area contributed by atoms with Gasteiger partial charge in [-0.15, -0.1) is 11.3 Å². The van der Waals surface area contributed by atoms with Crippen molar-refractivity contribution in [1.82, 2.24) is 20.5 Å². The van der Waals surface area contributed by atoms with Crippen LogP contribution in [0.25, 0.3) is 11.3 Å². The van der Waals surface area contributed by atoms with Gasteiger partial charge in [-0.2, -0.15) is 5.10 Å². The summed E-state index contributed by atoms with van der Waals surface area (Å²) in [5, 5.41) is 16.1. The molecule has 1 fully saturated rings. The van der Waals surface area contributed by atoms with Crippen LogP contribution in [0.3, 0.4) is 0 Å². The molecule has 1 aliphatic carbocycles. The first-order chi connectivity index (χ1) is 12.6. The first-order valence-corrected chi connectivity index (χ1v) is 9.64. The normalized spacial score (nSPS) is 15.7. The largest absolute Gasteiger partial charge is 0.326 e. The van der Waals surface area contributed by atoms with Crippen molar-refractivity contribution >= 4 is 23.1 Å². The number of hydrogen-bond acceptors (Lipinski definition) is 4. The lowest BCUT2D eigenvalue weighted by Gasteiger charge is -2.28. The summed E-state index contributed by atoms with van der Waals surface area (Å²) >= 11 is 1.63. The lowest BCUT2D eigenvalue weighted by Crippen LogP contribution is -2.45. The van der Waals surface area contributed by atoms with Gasteiger partial charge >= 0.3 is 6.03 Å². The SMILES string of the molecule is Cc1csc(C2(NC(=O)Nc3ccc(-c4ccn[nH]4)cc3)CCCC2)n1. The molecular weight excluding hydrogens is 346 g/mol. The van der Waals surface area contributed by atoms with E-state index in [1.807, 2.05) is 42.6 Å². The summed E-state index contributed by atoms with van der Waals surface area (Å²) in [6.45, 7) is 1.99. The highest BCUT2D eigenvalue weighted by Gasteiger charge is 2.39. The van der Waals surface area contributed by atoms with Crippen LogP contribution in [0, 0.1) is 6.92 Å². The molecule has 2 heterocycles. The molecule has 6 nitrogen and oxygen atoms in total. The number of nitrogens with zero attached hydrogens (tertiary/aromatic N) is 2. The summed E-state index contributed by atoms with van der Waals surface area (Å²) in [6, 6.07) is 9.43. The number of amides is 2. The Labute approximate surface area is 156 Å². The molecule has 1 saturated carbocycles. The van der Waals surface area contributed by atoms with Gasteiger partial charge in [-0.25, -0.2) is 9.78 Å². The monoisotopic (exact) mass is 367 g/mol. The number of rotatable bonds is 4. The van der Waals surface area contributed by atoms with Gasteiger partial charge in [0.2, 0.25) is 0 Å². The van der Waals surface area contributed by atoms with Crippen LogP contribution in [0.5, 0.6) is 0 Å². The number of H-pyrrole nitrogens is 1. The number of urea groups is 1. The molecule has 0 unspecified atom stereocenters. The molecule has 0 atom stereocenters. The van der Waals surface area contributed by atoms with E-state index < -0.39 is 0 Å². The van der Waals surface area contributed by atoms with Gasteiger partial charge in [0.15, 0.2) is 0 Å². The van der Waals surface area contributed by atoms with E-state index in [4.69, 9.17) is 0 Å². The van der Waals surface area contributed by atoms with Crippen LogP contribution in [0.4, 0.5) is 10.5 Å². The highest BCUT2D eigenvalue weighted by Crippen LogP contribution is 2.40. The lowest BCUT2D eigenvalue weighted by molar-refractivity contribution is 0.236. The van der Waals surface area contributed by atoms with E-state index in [2.05, 4.69) is 25.8 Å². The Morgan fingerprint density at radius 2 is 1.96 bits per heavy atom. The molecule has 0 saturated heterocycles. The molecule has 0 radical (unpaired) electrons. The molecule has 0 bridgehead atoms. The maximum absolute atomic E-state index is 12.6. The van der Waals surface area contributed by atoms with Crippen LogP contribution >= 0.6 is 11.3 Å². The molecule has 3 N–H and O–H groups in total. The molecule has 0 spiro atoms. The number of aromatic nitrogens is 3. The molecule has 2 aromatic heterocycles. The number of hydrogen-bond donors (Lipinski definition) is 3. The number of thiazole rings is 1. The topological polar surface area (TPSA) is 82.7 Å². The summed E-state index contributed by atoms with van der Waals surface area (Å²) in [4.78, 5) is 17.2. The second-order valence-electron chi connectivity index (χ2n) is 6.71. The Morgan fingerprint density at radius 1 is 1.19 bits per heavy atom. The quantitative estimate of drug-likeness (QED) is 0.638. The smallest absolute Gasteiger partial charge is 0.320 e. The molecule has 0 aliphatic heterocycles. The van der Waals surface area contributed by atoms with Crippen molar-refractivity contribution in [3.63, 3.8) is 0 Å². The fraction of sp³-hybridized carbons (Fsp3) is 0.316. The molecular formula is C19H21N5OS. The van der Waals surface area contributed by atoms with Crippen molar-refractivity contribution < 1.29 is 4.79 Å².